The van der Waals surface area contributed by atoms with Gasteiger partial charge in [0.05, 0.1) is 0 Å². The van der Waals surface area contributed by atoms with E-state index in [2.05, 4.69) is 29.5 Å². The van der Waals surface area contributed by atoms with Gasteiger partial charge in [0.2, 0.25) is 0 Å². The van der Waals surface area contributed by atoms with Crippen LogP contribution in [-0.2, 0) is 4.79 Å². The van der Waals surface area contributed by atoms with Crippen LogP contribution in [0, 0.1) is 9.49 Å². The molecule has 0 N–H and O–H groups in total. The van der Waals surface area contributed by atoms with E-state index in [1.807, 2.05) is 29.2 Å². The first-order valence-corrected chi connectivity index (χ1v) is 7.39. The van der Waals surface area contributed by atoms with Crippen LogP contribution in [0.5, 0.6) is 5.75 Å². The van der Waals surface area contributed by atoms with Gasteiger partial charge in [0.1, 0.15) is 5.75 Å². The number of nitrogens with zero attached hydrogens (tertiary/aromatic N) is 1. The number of piperidine rings is 1. The van der Waals surface area contributed by atoms with Crippen LogP contribution in [0.25, 0.3) is 0 Å². The van der Waals surface area contributed by atoms with Gasteiger partial charge in [-0.1, -0.05) is 13.0 Å². The highest BCUT2D eigenvalue weighted by molar-refractivity contribution is 14.1. The summed E-state index contributed by atoms with van der Waals surface area (Å²) in [6, 6.07) is 7.76. The van der Waals surface area contributed by atoms with Crippen LogP contribution in [0.15, 0.2) is 24.3 Å². The third-order valence-electron chi connectivity index (χ3n) is 3.17. The van der Waals surface area contributed by atoms with Crippen molar-refractivity contribution in [2.24, 2.45) is 5.92 Å². The van der Waals surface area contributed by atoms with E-state index in [1.165, 1.54) is 6.42 Å². The second-order valence-corrected chi connectivity index (χ2v) is 6.08. The lowest BCUT2D eigenvalue weighted by Gasteiger charge is -2.30. The molecule has 0 aliphatic carbocycles. The van der Waals surface area contributed by atoms with Gasteiger partial charge < -0.3 is 9.64 Å². The number of rotatable bonds is 3. The number of likely N-dealkylation sites (tertiary alicyclic amines) is 1. The van der Waals surface area contributed by atoms with Crippen molar-refractivity contribution in [3.8, 4) is 5.75 Å². The lowest BCUT2D eigenvalue weighted by Crippen LogP contribution is -2.41. The molecule has 3 nitrogen and oxygen atoms in total. The smallest absolute Gasteiger partial charge is 0.260 e. The summed E-state index contributed by atoms with van der Waals surface area (Å²) >= 11 is 2.23. The SMILES string of the molecule is CC1CCCN(C(=O)COc2cccc(I)c2)C1. The van der Waals surface area contributed by atoms with Crippen molar-refractivity contribution < 1.29 is 9.53 Å². The van der Waals surface area contributed by atoms with E-state index in [-0.39, 0.29) is 12.5 Å². The normalized spacial score (nSPS) is 19.7. The number of hydrogen-bond acceptors (Lipinski definition) is 2. The van der Waals surface area contributed by atoms with Crippen LogP contribution in [-0.4, -0.2) is 30.5 Å². The monoisotopic (exact) mass is 359 g/mol. The number of hydrogen-bond donors (Lipinski definition) is 0. The zero-order valence-corrected chi connectivity index (χ0v) is 12.7. The molecule has 1 saturated heterocycles. The minimum absolute atomic E-state index is 0.0976. The number of carbonyl (C=O) groups excluding carboxylic acids is 1. The van der Waals surface area contributed by atoms with Crippen molar-refractivity contribution in [3.63, 3.8) is 0 Å². The summed E-state index contributed by atoms with van der Waals surface area (Å²) in [5.41, 5.74) is 0. The standard InChI is InChI=1S/C14H18INO2/c1-11-4-3-7-16(9-11)14(17)10-18-13-6-2-5-12(15)8-13/h2,5-6,8,11H,3-4,7,9-10H2,1H3. The minimum Gasteiger partial charge on any atom is -0.484 e. The Kier molecular flexibility index (Phi) is 4.86. The molecular formula is C14H18INO2. The molecule has 1 aromatic carbocycles. The van der Waals surface area contributed by atoms with Gasteiger partial charge in [-0.25, -0.2) is 0 Å². The molecule has 1 unspecified atom stereocenters. The van der Waals surface area contributed by atoms with E-state index < -0.39 is 0 Å². The van der Waals surface area contributed by atoms with Gasteiger partial charge in [-0.3, -0.25) is 4.79 Å². The maximum atomic E-state index is 12.0. The third-order valence-corrected chi connectivity index (χ3v) is 3.84. The molecule has 1 fully saturated rings. The molecule has 0 radical (unpaired) electrons. The number of halogens is 1. The Morgan fingerprint density at radius 2 is 2.39 bits per heavy atom. The summed E-state index contributed by atoms with van der Waals surface area (Å²) in [5, 5.41) is 0. The van der Waals surface area contributed by atoms with Crippen LogP contribution in [0.2, 0.25) is 0 Å². The maximum Gasteiger partial charge on any atom is 0.260 e. The van der Waals surface area contributed by atoms with E-state index in [9.17, 15) is 4.79 Å². The Hall–Kier alpha value is -0.780. The number of amides is 1. The van der Waals surface area contributed by atoms with Crippen LogP contribution in [0.4, 0.5) is 0 Å². The molecule has 18 heavy (non-hydrogen) atoms. The molecule has 1 atom stereocenters. The zero-order chi connectivity index (χ0) is 13.0. The van der Waals surface area contributed by atoms with Gasteiger partial charge in [0, 0.05) is 16.7 Å². The largest absolute Gasteiger partial charge is 0.484 e. The molecule has 98 valence electrons. The van der Waals surface area contributed by atoms with Crippen molar-refractivity contribution in [2.45, 2.75) is 19.8 Å². The molecule has 0 bridgehead atoms. The molecule has 1 aliphatic heterocycles. The van der Waals surface area contributed by atoms with E-state index >= 15 is 0 Å². The van der Waals surface area contributed by atoms with Crippen molar-refractivity contribution in [3.05, 3.63) is 27.8 Å². The fraction of sp³-hybridized carbons (Fsp3) is 0.500. The molecule has 1 aliphatic rings. The van der Waals surface area contributed by atoms with Gasteiger partial charge in [0.25, 0.3) is 5.91 Å². The highest BCUT2D eigenvalue weighted by Gasteiger charge is 2.20. The fourth-order valence-corrected chi connectivity index (χ4v) is 2.72. The Labute approximate surface area is 122 Å². The Morgan fingerprint density at radius 1 is 1.56 bits per heavy atom. The maximum absolute atomic E-state index is 12.0. The summed E-state index contributed by atoms with van der Waals surface area (Å²) in [6.07, 6.45) is 2.33. The highest BCUT2D eigenvalue weighted by Crippen LogP contribution is 2.17. The van der Waals surface area contributed by atoms with Crippen molar-refractivity contribution in [2.75, 3.05) is 19.7 Å². The molecule has 4 heteroatoms. The molecule has 1 amide bonds. The Balaban J connectivity index is 1.84. The van der Waals surface area contributed by atoms with E-state index in [0.717, 1.165) is 28.8 Å². The number of benzene rings is 1. The van der Waals surface area contributed by atoms with E-state index in [0.29, 0.717) is 5.92 Å². The van der Waals surface area contributed by atoms with Crippen LogP contribution >= 0.6 is 22.6 Å². The quantitative estimate of drug-likeness (QED) is 0.777. The lowest BCUT2D eigenvalue weighted by molar-refractivity contribution is -0.135. The van der Waals surface area contributed by atoms with Gasteiger partial charge in [-0.05, 0) is 59.5 Å². The summed E-state index contributed by atoms with van der Waals surface area (Å²) in [6.45, 7) is 4.08. The van der Waals surface area contributed by atoms with E-state index in [1.54, 1.807) is 0 Å². The molecule has 0 spiro atoms. The molecule has 1 heterocycles. The summed E-state index contributed by atoms with van der Waals surface area (Å²) < 4.78 is 6.66. The second-order valence-electron chi connectivity index (χ2n) is 4.83. The van der Waals surface area contributed by atoms with Crippen LogP contribution in [0.3, 0.4) is 0 Å². The predicted molar refractivity (Wildman–Crippen MR) is 79.6 cm³/mol. The van der Waals surface area contributed by atoms with Gasteiger partial charge in [-0.15, -0.1) is 0 Å². The first-order valence-electron chi connectivity index (χ1n) is 6.31. The van der Waals surface area contributed by atoms with E-state index in [4.69, 9.17) is 4.74 Å². The third kappa shape index (κ3) is 3.86. The van der Waals surface area contributed by atoms with Gasteiger partial charge in [0.15, 0.2) is 6.61 Å². The molecule has 0 saturated carbocycles. The Bertz CT molecular complexity index is 422. The van der Waals surface area contributed by atoms with Crippen molar-refractivity contribution in [1.82, 2.24) is 4.90 Å². The average molecular weight is 359 g/mol. The second kappa shape index (κ2) is 6.41. The average Bonchev–Trinajstić information content (AvgIpc) is 2.36. The number of carbonyl (C=O) groups is 1. The van der Waals surface area contributed by atoms with Crippen LogP contribution in [0.1, 0.15) is 19.8 Å². The van der Waals surface area contributed by atoms with Crippen molar-refractivity contribution >= 4 is 28.5 Å². The molecular weight excluding hydrogens is 341 g/mol. The number of ether oxygens (including phenoxy) is 1. The minimum atomic E-state index is 0.0976. The topological polar surface area (TPSA) is 29.5 Å². The lowest BCUT2D eigenvalue weighted by atomic mass is 10.0. The summed E-state index contributed by atoms with van der Waals surface area (Å²) in [7, 11) is 0. The fourth-order valence-electron chi connectivity index (χ4n) is 2.21. The first kappa shape index (κ1) is 13.6. The molecule has 0 aromatic heterocycles. The van der Waals surface area contributed by atoms with Crippen LogP contribution < -0.4 is 4.74 Å². The zero-order valence-electron chi connectivity index (χ0n) is 10.6. The highest BCUT2D eigenvalue weighted by atomic mass is 127. The molecule has 2 rings (SSSR count). The molecule has 1 aromatic rings. The summed E-state index contributed by atoms with van der Waals surface area (Å²) in [4.78, 5) is 13.9. The van der Waals surface area contributed by atoms with Gasteiger partial charge in [-0.2, -0.15) is 0 Å². The predicted octanol–water partition coefficient (Wildman–Crippen LogP) is 2.93. The van der Waals surface area contributed by atoms with Crippen molar-refractivity contribution in [1.29, 1.82) is 0 Å². The summed E-state index contributed by atoms with van der Waals surface area (Å²) in [5.74, 6) is 1.47. The van der Waals surface area contributed by atoms with Gasteiger partial charge >= 0.3 is 0 Å². The Morgan fingerprint density at radius 3 is 3.11 bits per heavy atom. The first-order chi connectivity index (χ1) is 8.65.